The maximum absolute atomic E-state index is 4.30. The van der Waals surface area contributed by atoms with Crippen molar-refractivity contribution in [3.8, 4) is 0 Å². The summed E-state index contributed by atoms with van der Waals surface area (Å²) in [6.07, 6.45) is 3.95. The topological polar surface area (TPSA) is 12.9 Å². The molecule has 0 fully saturated rings. The summed E-state index contributed by atoms with van der Waals surface area (Å²) in [5.41, 5.74) is 2.37. The number of allylic oxidation sites excluding steroid dienone is 1. The Morgan fingerprint density at radius 1 is 1.50 bits per heavy atom. The Hall–Kier alpha value is -0.150. The third-order valence-electron chi connectivity index (χ3n) is 1.98. The first-order valence-corrected chi connectivity index (χ1v) is 6.43. The predicted molar refractivity (Wildman–Crippen MR) is 68.5 cm³/mol. The highest BCUT2D eigenvalue weighted by molar-refractivity contribution is 9.10. The molecule has 0 unspecified atom stereocenters. The third-order valence-corrected chi connectivity index (χ3v) is 3.10. The van der Waals surface area contributed by atoms with E-state index in [1.165, 1.54) is 5.57 Å². The lowest BCUT2D eigenvalue weighted by Crippen LogP contribution is -1.95. The maximum Gasteiger partial charge on any atom is 0.0630 e. The lowest BCUT2D eigenvalue weighted by atomic mass is 10.0. The van der Waals surface area contributed by atoms with E-state index in [0.29, 0.717) is 5.92 Å². The molecule has 0 saturated carbocycles. The lowest BCUT2D eigenvalue weighted by molar-refractivity contribution is 0.780. The van der Waals surface area contributed by atoms with Crippen molar-refractivity contribution in [2.45, 2.75) is 13.8 Å². The average molecular weight is 319 g/mol. The van der Waals surface area contributed by atoms with E-state index in [1.807, 2.05) is 18.3 Å². The van der Waals surface area contributed by atoms with E-state index >= 15 is 0 Å². The van der Waals surface area contributed by atoms with Crippen LogP contribution in [0, 0.1) is 5.92 Å². The van der Waals surface area contributed by atoms with Crippen LogP contribution >= 0.6 is 31.9 Å². The highest BCUT2D eigenvalue weighted by atomic mass is 79.9. The van der Waals surface area contributed by atoms with Gasteiger partial charge in [0, 0.05) is 16.0 Å². The molecule has 0 aliphatic heterocycles. The average Bonchev–Trinajstić information content (AvgIpc) is 2.16. The Bertz CT molecular complexity index is 315. The van der Waals surface area contributed by atoms with Gasteiger partial charge in [-0.1, -0.05) is 35.4 Å². The molecule has 0 N–H and O–H groups in total. The van der Waals surface area contributed by atoms with Gasteiger partial charge in [0.15, 0.2) is 0 Å². The van der Waals surface area contributed by atoms with Crippen LogP contribution in [0.3, 0.4) is 0 Å². The van der Waals surface area contributed by atoms with E-state index in [1.54, 1.807) is 0 Å². The fraction of sp³-hybridized carbons (Fsp3) is 0.364. The molecule has 1 heterocycles. The second-order valence-corrected chi connectivity index (χ2v) is 4.89. The van der Waals surface area contributed by atoms with Crippen molar-refractivity contribution in [2.75, 3.05) is 5.33 Å². The molecule has 0 saturated heterocycles. The fourth-order valence-corrected chi connectivity index (χ4v) is 2.07. The molecule has 0 aliphatic carbocycles. The normalized spacial score (nSPS) is 12.2. The van der Waals surface area contributed by atoms with Gasteiger partial charge in [-0.25, -0.2) is 0 Å². The minimum absolute atomic E-state index is 0.555. The number of halogens is 2. The minimum atomic E-state index is 0.555. The van der Waals surface area contributed by atoms with Gasteiger partial charge in [0.25, 0.3) is 0 Å². The van der Waals surface area contributed by atoms with Crippen molar-refractivity contribution in [2.24, 2.45) is 5.92 Å². The second-order valence-electron chi connectivity index (χ2n) is 3.41. The van der Waals surface area contributed by atoms with Gasteiger partial charge in [-0.2, -0.15) is 0 Å². The number of nitrogens with zero attached hydrogens (tertiary/aromatic N) is 1. The summed E-state index contributed by atoms with van der Waals surface area (Å²) in [6.45, 7) is 4.37. The first-order valence-electron chi connectivity index (χ1n) is 4.51. The van der Waals surface area contributed by atoms with Crippen LogP contribution in [0.15, 0.2) is 28.4 Å². The quantitative estimate of drug-likeness (QED) is 0.758. The van der Waals surface area contributed by atoms with Crippen LogP contribution in [0.1, 0.15) is 19.5 Å². The number of aromatic nitrogens is 1. The highest BCUT2D eigenvalue weighted by Crippen LogP contribution is 2.16. The maximum atomic E-state index is 4.30. The van der Waals surface area contributed by atoms with Gasteiger partial charge in [0.05, 0.1) is 5.69 Å². The minimum Gasteiger partial charge on any atom is -0.256 e. The van der Waals surface area contributed by atoms with Crippen molar-refractivity contribution in [3.05, 3.63) is 34.1 Å². The molecule has 1 aromatic heterocycles. The molecule has 1 rings (SSSR count). The molecule has 0 atom stereocenters. The van der Waals surface area contributed by atoms with Crippen LogP contribution in [0.5, 0.6) is 0 Å². The number of pyridine rings is 1. The Morgan fingerprint density at radius 2 is 2.21 bits per heavy atom. The summed E-state index contributed by atoms with van der Waals surface area (Å²) in [7, 11) is 0. The Balaban J connectivity index is 2.89. The van der Waals surface area contributed by atoms with Gasteiger partial charge in [0.1, 0.15) is 0 Å². The van der Waals surface area contributed by atoms with Gasteiger partial charge >= 0.3 is 0 Å². The molecular weight excluding hydrogens is 306 g/mol. The zero-order chi connectivity index (χ0) is 10.6. The molecule has 0 aromatic carbocycles. The van der Waals surface area contributed by atoms with Crippen molar-refractivity contribution >= 4 is 37.9 Å². The first-order chi connectivity index (χ1) is 6.63. The fourth-order valence-electron chi connectivity index (χ4n) is 1.02. The smallest absolute Gasteiger partial charge is 0.0630 e. The zero-order valence-electron chi connectivity index (χ0n) is 8.30. The molecule has 14 heavy (non-hydrogen) atoms. The number of rotatable bonds is 3. The van der Waals surface area contributed by atoms with Gasteiger partial charge in [-0.3, -0.25) is 4.98 Å². The SMILES string of the molecule is CC(C)/C(=C/c1ccc(Br)cn1)CBr. The largest absolute Gasteiger partial charge is 0.256 e. The summed E-state index contributed by atoms with van der Waals surface area (Å²) in [5, 5.41) is 0.905. The van der Waals surface area contributed by atoms with E-state index in [0.717, 1.165) is 15.5 Å². The van der Waals surface area contributed by atoms with Gasteiger partial charge in [-0.05, 0) is 40.1 Å². The van der Waals surface area contributed by atoms with Gasteiger partial charge in [-0.15, -0.1) is 0 Å². The lowest BCUT2D eigenvalue weighted by Gasteiger charge is -2.07. The molecule has 1 aromatic rings. The summed E-state index contributed by atoms with van der Waals surface area (Å²) < 4.78 is 1.01. The van der Waals surface area contributed by atoms with Crippen LogP contribution in [0.4, 0.5) is 0 Å². The van der Waals surface area contributed by atoms with Crippen LogP contribution in [0.2, 0.25) is 0 Å². The highest BCUT2D eigenvalue weighted by Gasteiger charge is 2.01. The number of hydrogen-bond acceptors (Lipinski definition) is 1. The molecule has 0 amide bonds. The molecule has 0 spiro atoms. The molecule has 0 radical (unpaired) electrons. The van der Waals surface area contributed by atoms with Crippen molar-refractivity contribution in [1.82, 2.24) is 4.98 Å². The number of hydrogen-bond donors (Lipinski definition) is 0. The summed E-state index contributed by atoms with van der Waals surface area (Å²) >= 11 is 6.85. The van der Waals surface area contributed by atoms with Crippen molar-refractivity contribution < 1.29 is 0 Å². The van der Waals surface area contributed by atoms with Gasteiger partial charge < -0.3 is 0 Å². The van der Waals surface area contributed by atoms with E-state index in [9.17, 15) is 0 Å². The molecule has 76 valence electrons. The predicted octanol–water partition coefficient (Wildman–Crippen LogP) is 4.28. The third kappa shape index (κ3) is 3.54. The van der Waals surface area contributed by atoms with E-state index in [2.05, 4.69) is 56.8 Å². The first kappa shape index (κ1) is 11.9. The van der Waals surface area contributed by atoms with Crippen LogP contribution < -0.4 is 0 Å². The Morgan fingerprint density at radius 3 is 2.64 bits per heavy atom. The summed E-state index contributed by atoms with van der Waals surface area (Å²) in [5.74, 6) is 0.555. The monoisotopic (exact) mass is 317 g/mol. The van der Waals surface area contributed by atoms with E-state index in [4.69, 9.17) is 0 Å². The molecular formula is C11H13Br2N. The van der Waals surface area contributed by atoms with Crippen LogP contribution in [-0.2, 0) is 0 Å². The standard InChI is InChI=1S/C11H13Br2N/c1-8(2)9(6-12)5-11-4-3-10(13)7-14-11/h3-5,7-8H,6H2,1-2H3/b9-5+. The van der Waals surface area contributed by atoms with Gasteiger partial charge in [0.2, 0.25) is 0 Å². The zero-order valence-corrected chi connectivity index (χ0v) is 11.5. The van der Waals surface area contributed by atoms with E-state index < -0.39 is 0 Å². The van der Waals surface area contributed by atoms with Crippen molar-refractivity contribution in [3.63, 3.8) is 0 Å². The summed E-state index contributed by atoms with van der Waals surface area (Å²) in [4.78, 5) is 4.30. The molecule has 1 nitrogen and oxygen atoms in total. The number of alkyl halides is 1. The Kier molecular flexibility index (Phi) is 4.82. The van der Waals surface area contributed by atoms with E-state index in [-0.39, 0.29) is 0 Å². The van der Waals surface area contributed by atoms with Crippen molar-refractivity contribution in [1.29, 1.82) is 0 Å². The molecule has 0 aliphatic rings. The molecule has 0 bridgehead atoms. The molecule has 3 heteroatoms. The summed E-state index contributed by atoms with van der Waals surface area (Å²) in [6, 6.07) is 4.01. The second kappa shape index (κ2) is 5.66. The van der Waals surface area contributed by atoms with Crippen LogP contribution in [0.25, 0.3) is 6.08 Å². The Labute approximate surface area is 102 Å². The van der Waals surface area contributed by atoms with Crippen LogP contribution in [-0.4, -0.2) is 10.3 Å².